The van der Waals surface area contributed by atoms with E-state index < -0.39 is 0 Å². The highest BCUT2D eigenvalue weighted by molar-refractivity contribution is 4.51. The van der Waals surface area contributed by atoms with Gasteiger partial charge in [0.05, 0.1) is 6.54 Å². The molecule has 0 fully saturated rings. The lowest BCUT2D eigenvalue weighted by Crippen LogP contribution is -2.14. The lowest BCUT2D eigenvalue weighted by Gasteiger charge is -2.05. The Balaban J connectivity index is 2.99. The van der Waals surface area contributed by atoms with Gasteiger partial charge >= 0.3 is 0 Å². The third-order valence-corrected chi connectivity index (χ3v) is 6.46. The van der Waals surface area contributed by atoms with Gasteiger partial charge in [-0.3, -0.25) is 10.4 Å². The highest BCUT2D eigenvalue weighted by Crippen LogP contribution is 2.15. The van der Waals surface area contributed by atoms with Crippen LogP contribution in [0.3, 0.4) is 0 Å². The Morgan fingerprint density at radius 3 is 0.733 bits per heavy atom. The summed E-state index contributed by atoms with van der Waals surface area (Å²) in [5, 5.41) is 17.6. The Bertz CT molecular complexity index is 297. The molecular weight excluding hydrogens is 370 g/mol. The summed E-state index contributed by atoms with van der Waals surface area (Å²) < 4.78 is 0. The largest absolute Gasteiger partial charge is 0.290 e. The summed E-state index contributed by atoms with van der Waals surface area (Å²) in [5.41, 5.74) is 0. The zero-order chi connectivity index (χ0) is 22.0. The van der Waals surface area contributed by atoms with Crippen molar-refractivity contribution >= 4 is 0 Å². The van der Waals surface area contributed by atoms with Crippen molar-refractivity contribution in [2.24, 2.45) is 0 Å². The average Bonchev–Trinajstić information content (AvgIpc) is 2.73. The summed E-state index contributed by atoms with van der Waals surface area (Å²) in [6, 6.07) is 0. The summed E-state index contributed by atoms with van der Waals surface area (Å²) in [5.74, 6) is 0. The van der Waals surface area contributed by atoms with Gasteiger partial charge in [0, 0.05) is 0 Å². The summed E-state index contributed by atoms with van der Waals surface area (Å²) >= 11 is 0. The first kappa shape index (κ1) is 29.9. The van der Waals surface area contributed by atoms with E-state index in [2.05, 4.69) is 6.92 Å². The van der Waals surface area contributed by atoms with E-state index in [1.54, 1.807) is 0 Å². The summed E-state index contributed by atoms with van der Waals surface area (Å²) in [6.07, 6.45) is 34.8. The maximum Gasteiger partial charge on any atom is 0.0512 e. The zero-order valence-corrected chi connectivity index (χ0v) is 20.7. The maximum atomic E-state index is 8.62. The van der Waals surface area contributed by atoms with Crippen LogP contribution in [0, 0.1) is 0 Å². The summed E-state index contributed by atoms with van der Waals surface area (Å²) in [6.45, 7) is 2.67. The Labute approximate surface area is 189 Å². The number of nitrogens with zero attached hydrogens (tertiary/aromatic N) is 1. The number of hydrogen-bond acceptors (Lipinski definition) is 3. The van der Waals surface area contributed by atoms with E-state index in [4.69, 9.17) is 10.4 Å². The van der Waals surface area contributed by atoms with Gasteiger partial charge in [0.25, 0.3) is 0 Å². The molecular formula is C27H57NO2. The molecule has 2 N–H and O–H groups in total. The van der Waals surface area contributed by atoms with E-state index in [-0.39, 0.29) is 0 Å². The second-order valence-electron chi connectivity index (χ2n) is 9.58. The van der Waals surface area contributed by atoms with Crippen LogP contribution in [0.2, 0.25) is 0 Å². The molecule has 0 saturated heterocycles. The lowest BCUT2D eigenvalue weighted by atomic mass is 10.0. The molecule has 3 heteroatoms. The Hall–Kier alpha value is -0.120. The fourth-order valence-electron chi connectivity index (χ4n) is 4.39. The minimum absolute atomic E-state index is 0.304. The van der Waals surface area contributed by atoms with Gasteiger partial charge in [-0.05, 0) is 6.42 Å². The molecule has 30 heavy (non-hydrogen) atoms. The fraction of sp³-hybridized carbons (Fsp3) is 1.00. The normalized spacial score (nSPS) is 11.6. The van der Waals surface area contributed by atoms with Gasteiger partial charge < -0.3 is 0 Å². The van der Waals surface area contributed by atoms with E-state index in [0.717, 1.165) is 12.8 Å². The van der Waals surface area contributed by atoms with Crippen molar-refractivity contribution in [2.75, 3.05) is 6.54 Å². The third-order valence-electron chi connectivity index (χ3n) is 6.46. The molecule has 0 aromatic heterocycles. The van der Waals surface area contributed by atoms with Gasteiger partial charge in [-0.25, -0.2) is 0 Å². The van der Waals surface area contributed by atoms with E-state index in [1.165, 1.54) is 148 Å². The van der Waals surface area contributed by atoms with Crippen LogP contribution < -0.4 is 0 Å². The first-order valence-corrected chi connectivity index (χ1v) is 13.9. The molecule has 0 amide bonds. The maximum absolute atomic E-state index is 8.62. The van der Waals surface area contributed by atoms with Crippen LogP contribution in [-0.2, 0) is 0 Å². The van der Waals surface area contributed by atoms with Crippen molar-refractivity contribution in [1.82, 2.24) is 5.23 Å². The average molecular weight is 428 g/mol. The first-order valence-electron chi connectivity index (χ1n) is 13.9. The second-order valence-corrected chi connectivity index (χ2v) is 9.58. The molecule has 0 rings (SSSR count). The molecule has 3 nitrogen and oxygen atoms in total. The quantitative estimate of drug-likeness (QED) is 0.107. The van der Waals surface area contributed by atoms with Crippen molar-refractivity contribution in [3.8, 4) is 0 Å². The molecule has 0 aliphatic rings. The molecule has 182 valence electrons. The highest BCUT2D eigenvalue weighted by Gasteiger charge is 1.97. The number of unbranched alkanes of at least 4 members (excludes halogenated alkanes) is 24. The van der Waals surface area contributed by atoms with Crippen molar-refractivity contribution in [2.45, 2.75) is 167 Å². The van der Waals surface area contributed by atoms with E-state index in [0.29, 0.717) is 11.8 Å². The molecule has 0 radical (unpaired) electrons. The van der Waals surface area contributed by atoms with Gasteiger partial charge in [-0.2, -0.15) is 0 Å². The molecule has 0 bridgehead atoms. The minimum Gasteiger partial charge on any atom is -0.290 e. The lowest BCUT2D eigenvalue weighted by molar-refractivity contribution is -0.306. The van der Waals surface area contributed by atoms with Crippen LogP contribution in [0.25, 0.3) is 0 Å². The van der Waals surface area contributed by atoms with Gasteiger partial charge in [-0.15, -0.1) is 0 Å². The van der Waals surface area contributed by atoms with E-state index in [9.17, 15) is 0 Å². The van der Waals surface area contributed by atoms with Gasteiger partial charge in [0.2, 0.25) is 0 Å². The standard InChI is InChI=1S/C27H57NO2/c1-2-3-4-5-6-7-8-9-10-11-12-13-14-15-16-17-18-19-20-21-22-23-24-25-26-27-28(29)30/h29-30H,2-27H2,1H3. The van der Waals surface area contributed by atoms with Crippen LogP contribution in [0.5, 0.6) is 0 Å². The fourth-order valence-corrected chi connectivity index (χ4v) is 4.39. The minimum atomic E-state index is 0.304. The Morgan fingerprint density at radius 2 is 0.533 bits per heavy atom. The molecule has 0 aromatic rings. The topological polar surface area (TPSA) is 43.7 Å². The van der Waals surface area contributed by atoms with E-state index in [1.807, 2.05) is 0 Å². The summed E-state index contributed by atoms with van der Waals surface area (Å²) in [4.78, 5) is 0. The zero-order valence-electron chi connectivity index (χ0n) is 20.7. The van der Waals surface area contributed by atoms with Crippen molar-refractivity contribution < 1.29 is 10.4 Å². The third kappa shape index (κ3) is 27.9. The number of rotatable bonds is 26. The Kier molecular flexibility index (Phi) is 26.8. The van der Waals surface area contributed by atoms with Gasteiger partial charge in [-0.1, -0.05) is 166 Å². The van der Waals surface area contributed by atoms with Gasteiger partial charge in [0.15, 0.2) is 0 Å². The smallest absolute Gasteiger partial charge is 0.0512 e. The van der Waals surface area contributed by atoms with Crippen LogP contribution >= 0.6 is 0 Å². The van der Waals surface area contributed by atoms with Crippen LogP contribution in [0.1, 0.15) is 167 Å². The van der Waals surface area contributed by atoms with Crippen LogP contribution in [-0.4, -0.2) is 22.2 Å². The predicted molar refractivity (Wildman–Crippen MR) is 131 cm³/mol. The second kappa shape index (κ2) is 26.9. The first-order chi connectivity index (χ1) is 14.8. The molecule has 0 aliphatic heterocycles. The summed E-state index contributed by atoms with van der Waals surface area (Å²) in [7, 11) is 0. The number of hydroxylamine groups is 2. The highest BCUT2D eigenvalue weighted by atomic mass is 16.8. The van der Waals surface area contributed by atoms with Gasteiger partial charge in [0.1, 0.15) is 0 Å². The molecule has 0 aromatic carbocycles. The molecule has 0 spiro atoms. The SMILES string of the molecule is CCCCCCCCCCCCCCCCCCCCCCCCCCCN(O)O. The monoisotopic (exact) mass is 427 g/mol. The molecule has 0 atom stereocenters. The number of hydrogen-bond donors (Lipinski definition) is 2. The van der Waals surface area contributed by atoms with Crippen molar-refractivity contribution in [3.63, 3.8) is 0 Å². The predicted octanol–water partition coefficient (Wildman–Crippen LogP) is 9.84. The molecule has 0 aliphatic carbocycles. The van der Waals surface area contributed by atoms with Crippen molar-refractivity contribution in [1.29, 1.82) is 0 Å². The molecule has 0 unspecified atom stereocenters. The molecule has 0 saturated carbocycles. The van der Waals surface area contributed by atoms with E-state index >= 15 is 0 Å². The Morgan fingerprint density at radius 1 is 0.333 bits per heavy atom. The van der Waals surface area contributed by atoms with Crippen LogP contribution in [0.15, 0.2) is 0 Å². The molecule has 0 heterocycles. The van der Waals surface area contributed by atoms with Crippen molar-refractivity contribution in [3.05, 3.63) is 0 Å². The van der Waals surface area contributed by atoms with Crippen LogP contribution in [0.4, 0.5) is 0 Å².